The Bertz CT molecular complexity index is 568. The highest BCUT2D eigenvalue weighted by atomic mass is 32.2. The Hall–Kier alpha value is -1.32. The molecule has 0 saturated carbocycles. The maximum atomic E-state index is 12.8. The van der Waals surface area contributed by atoms with Crippen LogP contribution in [0.3, 0.4) is 0 Å². The molecule has 124 valence electrons. The van der Waals surface area contributed by atoms with Gasteiger partial charge in [-0.05, 0) is 60.4 Å². The van der Waals surface area contributed by atoms with Gasteiger partial charge in [0.25, 0.3) is 0 Å². The van der Waals surface area contributed by atoms with E-state index in [0.717, 1.165) is 22.6 Å². The second kappa shape index (κ2) is 10.5. The fraction of sp³-hybridized carbons (Fsp3) is 0.400. The lowest BCUT2D eigenvalue weighted by atomic mass is 10.0. The molecule has 2 aromatic rings. The van der Waals surface area contributed by atoms with Crippen molar-refractivity contribution in [3.63, 3.8) is 0 Å². The Kier molecular flexibility index (Phi) is 8.19. The van der Waals surface area contributed by atoms with Crippen molar-refractivity contribution in [2.24, 2.45) is 0 Å². The fourth-order valence-electron chi connectivity index (χ4n) is 2.62. The molecule has 0 atom stereocenters. The van der Waals surface area contributed by atoms with Gasteiger partial charge in [-0.15, -0.1) is 11.8 Å². The third-order valence-corrected chi connectivity index (χ3v) is 5.06. The smallest absolute Gasteiger partial charge is 0.123 e. The molecular formula is C20H25FOS. The van der Waals surface area contributed by atoms with E-state index in [-0.39, 0.29) is 12.4 Å². The SMILES string of the molecule is OCc1ccccc1CCCCCCCSc1ccc(F)cc1. The molecule has 0 aliphatic carbocycles. The second-order valence-corrected chi connectivity index (χ2v) is 6.92. The summed E-state index contributed by atoms with van der Waals surface area (Å²) in [4.78, 5) is 1.15. The largest absolute Gasteiger partial charge is 0.392 e. The van der Waals surface area contributed by atoms with Gasteiger partial charge in [-0.1, -0.05) is 43.5 Å². The van der Waals surface area contributed by atoms with Crippen LogP contribution < -0.4 is 0 Å². The Morgan fingerprint density at radius 1 is 0.783 bits per heavy atom. The molecule has 0 saturated heterocycles. The van der Waals surface area contributed by atoms with Crippen molar-refractivity contribution in [2.75, 3.05) is 5.75 Å². The first-order chi connectivity index (χ1) is 11.3. The van der Waals surface area contributed by atoms with Crippen LogP contribution in [-0.2, 0) is 13.0 Å². The normalized spacial score (nSPS) is 10.9. The van der Waals surface area contributed by atoms with Crippen LogP contribution in [0.5, 0.6) is 0 Å². The molecule has 0 aromatic heterocycles. The Morgan fingerprint density at radius 3 is 2.17 bits per heavy atom. The first kappa shape index (κ1) is 18.0. The number of halogens is 1. The number of hydrogen-bond donors (Lipinski definition) is 1. The van der Waals surface area contributed by atoms with Gasteiger partial charge in [0, 0.05) is 4.90 Å². The fourth-order valence-corrected chi connectivity index (χ4v) is 3.54. The van der Waals surface area contributed by atoms with Crippen molar-refractivity contribution in [1.82, 2.24) is 0 Å². The Morgan fingerprint density at radius 2 is 1.43 bits per heavy atom. The molecule has 0 spiro atoms. The topological polar surface area (TPSA) is 20.2 Å². The van der Waals surface area contributed by atoms with E-state index in [4.69, 9.17) is 0 Å². The molecule has 0 amide bonds. The summed E-state index contributed by atoms with van der Waals surface area (Å²) in [5.74, 6) is 0.927. The molecule has 23 heavy (non-hydrogen) atoms. The average molecular weight is 332 g/mol. The predicted molar refractivity (Wildman–Crippen MR) is 96.3 cm³/mol. The minimum absolute atomic E-state index is 0.136. The van der Waals surface area contributed by atoms with Crippen LogP contribution in [0, 0.1) is 5.82 Å². The molecule has 0 unspecified atom stereocenters. The highest BCUT2D eigenvalue weighted by Crippen LogP contribution is 2.20. The van der Waals surface area contributed by atoms with E-state index >= 15 is 0 Å². The number of thioether (sulfide) groups is 1. The standard InChI is InChI=1S/C20H25FOS/c21-19-11-13-20(14-12-19)23-15-7-3-1-2-4-8-17-9-5-6-10-18(17)16-22/h5-6,9-14,22H,1-4,7-8,15-16H2. The number of aliphatic hydroxyl groups is 1. The number of rotatable bonds is 10. The average Bonchev–Trinajstić information content (AvgIpc) is 2.59. The van der Waals surface area contributed by atoms with Gasteiger partial charge in [-0.2, -0.15) is 0 Å². The summed E-state index contributed by atoms with van der Waals surface area (Å²) in [5, 5.41) is 9.30. The van der Waals surface area contributed by atoms with Crippen LogP contribution in [0.25, 0.3) is 0 Å². The first-order valence-corrected chi connectivity index (χ1v) is 9.34. The molecule has 0 heterocycles. The van der Waals surface area contributed by atoms with Crippen molar-refractivity contribution in [1.29, 1.82) is 0 Å². The van der Waals surface area contributed by atoms with Crippen LogP contribution in [0.2, 0.25) is 0 Å². The van der Waals surface area contributed by atoms with E-state index in [0.29, 0.717) is 0 Å². The second-order valence-electron chi connectivity index (χ2n) is 5.75. The molecule has 0 aliphatic rings. The number of aryl methyl sites for hydroxylation is 1. The molecule has 0 bridgehead atoms. The van der Waals surface area contributed by atoms with Crippen molar-refractivity contribution in [3.05, 3.63) is 65.5 Å². The maximum absolute atomic E-state index is 12.8. The Balaban J connectivity index is 1.52. The van der Waals surface area contributed by atoms with Crippen LogP contribution in [0.15, 0.2) is 53.4 Å². The number of benzene rings is 2. The van der Waals surface area contributed by atoms with E-state index in [1.54, 1.807) is 11.8 Å². The third-order valence-electron chi connectivity index (χ3n) is 3.96. The van der Waals surface area contributed by atoms with Gasteiger partial charge in [0.05, 0.1) is 6.61 Å². The summed E-state index contributed by atoms with van der Waals surface area (Å²) < 4.78 is 12.8. The molecular weight excluding hydrogens is 307 g/mol. The summed E-state index contributed by atoms with van der Waals surface area (Å²) in [6, 6.07) is 14.9. The number of aliphatic hydroxyl groups excluding tert-OH is 1. The summed E-state index contributed by atoms with van der Waals surface area (Å²) in [7, 11) is 0. The van der Waals surface area contributed by atoms with E-state index < -0.39 is 0 Å². The maximum Gasteiger partial charge on any atom is 0.123 e. The third kappa shape index (κ3) is 6.76. The minimum atomic E-state index is -0.169. The van der Waals surface area contributed by atoms with Crippen molar-refractivity contribution in [2.45, 2.75) is 50.0 Å². The molecule has 1 N–H and O–H groups in total. The van der Waals surface area contributed by atoms with Gasteiger partial charge in [-0.3, -0.25) is 0 Å². The summed E-state index contributed by atoms with van der Waals surface area (Å²) in [6.45, 7) is 0.136. The van der Waals surface area contributed by atoms with Crippen molar-refractivity contribution < 1.29 is 9.50 Å². The first-order valence-electron chi connectivity index (χ1n) is 8.35. The molecule has 2 rings (SSSR count). The lowest BCUT2D eigenvalue weighted by molar-refractivity contribution is 0.280. The molecule has 2 aromatic carbocycles. The lowest BCUT2D eigenvalue weighted by Crippen LogP contribution is -1.94. The summed E-state index contributed by atoms with van der Waals surface area (Å²) in [5.41, 5.74) is 2.34. The molecule has 0 aliphatic heterocycles. The molecule has 1 nitrogen and oxygen atoms in total. The van der Waals surface area contributed by atoms with E-state index in [9.17, 15) is 9.50 Å². The quantitative estimate of drug-likeness (QED) is 0.451. The van der Waals surface area contributed by atoms with Gasteiger partial charge in [0.1, 0.15) is 5.82 Å². The van der Waals surface area contributed by atoms with E-state index in [1.165, 1.54) is 49.8 Å². The molecule has 0 radical (unpaired) electrons. The highest BCUT2D eigenvalue weighted by Gasteiger charge is 2.00. The van der Waals surface area contributed by atoms with Crippen LogP contribution in [0.1, 0.15) is 43.2 Å². The number of unbranched alkanes of at least 4 members (excludes halogenated alkanes) is 4. The van der Waals surface area contributed by atoms with Gasteiger partial charge in [0.2, 0.25) is 0 Å². The zero-order valence-electron chi connectivity index (χ0n) is 13.5. The van der Waals surface area contributed by atoms with Crippen molar-refractivity contribution >= 4 is 11.8 Å². The zero-order valence-corrected chi connectivity index (χ0v) is 14.3. The minimum Gasteiger partial charge on any atom is -0.392 e. The van der Waals surface area contributed by atoms with Crippen molar-refractivity contribution in [3.8, 4) is 0 Å². The molecule has 0 fully saturated rings. The Labute approximate surface area is 142 Å². The highest BCUT2D eigenvalue weighted by molar-refractivity contribution is 7.99. The monoisotopic (exact) mass is 332 g/mol. The number of hydrogen-bond acceptors (Lipinski definition) is 2. The van der Waals surface area contributed by atoms with Gasteiger partial charge in [0.15, 0.2) is 0 Å². The van der Waals surface area contributed by atoms with Gasteiger partial charge in [-0.25, -0.2) is 4.39 Å². The lowest BCUT2D eigenvalue weighted by Gasteiger charge is -2.07. The summed E-state index contributed by atoms with van der Waals surface area (Å²) >= 11 is 1.80. The summed E-state index contributed by atoms with van der Waals surface area (Å²) in [6.07, 6.45) is 7.18. The predicted octanol–water partition coefficient (Wildman–Crippen LogP) is 5.60. The van der Waals surface area contributed by atoms with Gasteiger partial charge >= 0.3 is 0 Å². The van der Waals surface area contributed by atoms with E-state index in [1.807, 2.05) is 30.3 Å². The zero-order chi connectivity index (χ0) is 16.3. The van der Waals surface area contributed by atoms with Crippen LogP contribution in [0.4, 0.5) is 4.39 Å². The van der Waals surface area contributed by atoms with Crippen LogP contribution >= 0.6 is 11.8 Å². The van der Waals surface area contributed by atoms with Gasteiger partial charge < -0.3 is 5.11 Å². The molecule has 3 heteroatoms. The van der Waals surface area contributed by atoms with Crippen LogP contribution in [-0.4, -0.2) is 10.9 Å². The van der Waals surface area contributed by atoms with E-state index in [2.05, 4.69) is 6.07 Å².